The zero-order valence-electron chi connectivity index (χ0n) is 10.4. The zero-order valence-corrected chi connectivity index (χ0v) is 10.4. The molecule has 0 radical (unpaired) electrons. The van der Waals surface area contributed by atoms with Gasteiger partial charge in [-0.3, -0.25) is 0 Å². The Morgan fingerprint density at radius 2 is 1.84 bits per heavy atom. The summed E-state index contributed by atoms with van der Waals surface area (Å²) in [5.74, 6) is 0.500. The summed E-state index contributed by atoms with van der Waals surface area (Å²) in [4.78, 5) is 0. The summed E-state index contributed by atoms with van der Waals surface area (Å²) in [6.07, 6.45) is 1.80. The number of nitrogens with zero attached hydrogens (tertiary/aromatic N) is 1. The Morgan fingerprint density at radius 3 is 2.53 bits per heavy atom. The fourth-order valence-corrected chi connectivity index (χ4v) is 2.18. The van der Waals surface area contributed by atoms with Gasteiger partial charge < -0.3 is 15.0 Å². The number of rotatable bonds is 2. The van der Waals surface area contributed by atoms with Crippen molar-refractivity contribution in [3.8, 4) is 11.4 Å². The van der Waals surface area contributed by atoms with Gasteiger partial charge in [-0.25, -0.2) is 4.39 Å². The molecule has 3 nitrogen and oxygen atoms in total. The number of fused-ring (bicyclic) bond motifs is 1. The van der Waals surface area contributed by atoms with Gasteiger partial charge in [-0.2, -0.15) is 0 Å². The predicted molar refractivity (Wildman–Crippen MR) is 74.2 cm³/mol. The van der Waals surface area contributed by atoms with Gasteiger partial charge in [0.25, 0.3) is 0 Å². The van der Waals surface area contributed by atoms with Crippen LogP contribution in [0.15, 0.2) is 48.7 Å². The Balaban J connectivity index is 2.20. The van der Waals surface area contributed by atoms with Crippen LogP contribution in [0, 0.1) is 5.82 Å². The molecule has 1 aromatic heterocycles. The molecule has 1 heterocycles. The van der Waals surface area contributed by atoms with E-state index < -0.39 is 0 Å². The standard InChI is InChI=1S/C15H13FN2O/c1-19-12-5-3-11(4-6-12)18-9-14(17)13-7-2-10(16)8-15(13)18/h2-9H,17H2,1H3. The SMILES string of the molecule is COc1ccc(-n2cc(N)c3ccc(F)cc32)cc1. The zero-order chi connectivity index (χ0) is 13.4. The van der Waals surface area contributed by atoms with Crippen molar-refractivity contribution in [2.45, 2.75) is 0 Å². The van der Waals surface area contributed by atoms with Crippen LogP contribution in [0.4, 0.5) is 10.1 Å². The van der Waals surface area contributed by atoms with Crippen molar-refractivity contribution in [2.75, 3.05) is 12.8 Å². The maximum absolute atomic E-state index is 13.4. The summed E-state index contributed by atoms with van der Waals surface area (Å²) in [5, 5.41) is 0.845. The first-order valence-electron chi connectivity index (χ1n) is 5.89. The van der Waals surface area contributed by atoms with Gasteiger partial charge in [0, 0.05) is 17.3 Å². The molecule has 0 fully saturated rings. The number of anilines is 1. The lowest BCUT2D eigenvalue weighted by Crippen LogP contribution is -1.92. The highest BCUT2D eigenvalue weighted by atomic mass is 19.1. The third-order valence-electron chi connectivity index (χ3n) is 3.15. The van der Waals surface area contributed by atoms with E-state index in [1.54, 1.807) is 19.4 Å². The molecule has 19 heavy (non-hydrogen) atoms. The minimum Gasteiger partial charge on any atom is -0.497 e. The highest BCUT2D eigenvalue weighted by Gasteiger charge is 2.08. The van der Waals surface area contributed by atoms with Crippen LogP contribution in [0.3, 0.4) is 0 Å². The van der Waals surface area contributed by atoms with Crippen molar-refractivity contribution >= 4 is 16.6 Å². The van der Waals surface area contributed by atoms with Crippen molar-refractivity contribution in [1.29, 1.82) is 0 Å². The van der Waals surface area contributed by atoms with E-state index in [9.17, 15) is 4.39 Å². The Morgan fingerprint density at radius 1 is 1.11 bits per heavy atom. The van der Waals surface area contributed by atoms with Crippen LogP contribution in [0.25, 0.3) is 16.6 Å². The van der Waals surface area contributed by atoms with Crippen LogP contribution in [0.5, 0.6) is 5.75 Å². The minimum absolute atomic E-state index is 0.277. The second-order valence-electron chi connectivity index (χ2n) is 4.31. The van der Waals surface area contributed by atoms with E-state index in [4.69, 9.17) is 10.5 Å². The Bertz CT molecular complexity index is 732. The van der Waals surface area contributed by atoms with Crippen LogP contribution in [-0.4, -0.2) is 11.7 Å². The molecular formula is C15H13FN2O. The molecule has 0 unspecified atom stereocenters. The molecule has 3 aromatic rings. The number of aromatic nitrogens is 1. The molecule has 96 valence electrons. The molecule has 0 aliphatic rings. The highest BCUT2D eigenvalue weighted by Crippen LogP contribution is 2.28. The monoisotopic (exact) mass is 256 g/mol. The highest BCUT2D eigenvalue weighted by molar-refractivity contribution is 5.93. The Labute approximate surface area is 110 Å². The molecule has 2 aromatic carbocycles. The fourth-order valence-electron chi connectivity index (χ4n) is 2.18. The van der Waals surface area contributed by atoms with Crippen molar-refractivity contribution < 1.29 is 9.13 Å². The van der Waals surface area contributed by atoms with Crippen LogP contribution in [0.2, 0.25) is 0 Å². The van der Waals surface area contributed by atoms with E-state index in [0.717, 1.165) is 22.3 Å². The van der Waals surface area contributed by atoms with E-state index in [0.29, 0.717) is 5.69 Å². The first kappa shape index (κ1) is 11.6. The van der Waals surface area contributed by atoms with Crippen LogP contribution in [0.1, 0.15) is 0 Å². The summed E-state index contributed by atoms with van der Waals surface area (Å²) < 4.78 is 20.4. The van der Waals surface area contributed by atoms with Crippen molar-refractivity contribution in [3.63, 3.8) is 0 Å². The molecule has 0 saturated carbocycles. The number of methoxy groups -OCH3 is 1. The third-order valence-corrected chi connectivity index (χ3v) is 3.15. The smallest absolute Gasteiger partial charge is 0.125 e. The van der Waals surface area contributed by atoms with Crippen LogP contribution in [-0.2, 0) is 0 Å². The van der Waals surface area contributed by atoms with E-state index in [-0.39, 0.29) is 5.82 Å². The third kappa shape index (κ3) is 1.91. The van der Waals surface area contributed by atoms with Gasteiger partial charge >= 0.3 is 0 Å². The second-order valence-corrected chi connectivity index (χ2v) is 4.31. The predicted octanol–water partition coefficient (Wildman–Crippen LogP) is 3.36. The van der Waals surface area contributed by atoms with Crippen molar-refractivity contribution in [3.05, 3.63) is 54.5 Å². The Kier molecular flexibility index (Phi) is 2.63. The van der Waals surface area contributed by atoms with E-state index in [2.05, 4.69) is 0 Å². The fraction of sp³-hybridized carbons (Fsp3) is 0.0667. The number of halogens is 1. The van der Waals surface area contributed by atoms with Crippen LogP contribution >= 0.6 is 0 Å². The van der Waals surface area contributed by atoms with Gasteiger partial charge in [0.2, 0.25) is 0 Å². The number of nitrogens with two attached hydrogens (primary N) is 1. The molecule has 4 heteroatoms. The summed E-state index contributed by atoms with van der Waals surface area (Å²) >= 11 is 0. The van der Waals surface area contributed by atoms with Crippen molar-refractivity contribution in [1.82, 2.24) is 4.57 Å². The molecule has 0 amide bonds. The van der Waals surface area contributed by atoms with Crippen LogP contribution < -0.4 is 10.5 Å². The number of hydrogen-bond acceptors (Lipinski definition) is 2. The second kappa shape index (κ2) is 4.31. The molecule has 0 bridgehead atoms. The number of hydrogen-bond donors (Lipinski definition) is 1. The van der Waals surface area contributed by atoms with Gasteiger partial charge in [-0.1, -0.05) is 0 Å². The average Bonchev–Trinajstić information content (AvgIpc) is 2.75. The van der Waals surface area contributed by atoms with E-state index in [1.807, 2.05) is 28.8 Å². The maximum atomic E-state index is 13.4. The molecule has 0 aliphatic heterocycles. The summed E-state index contributed by atoms with van der Waals surface area (Å²) in [5.41, 5.74) is 8.25. The maximum Gasteiger partial charge on any atom is 0.125 e. The molecule has 0 atom stereocenters. The molecular weight excluding hydrogens is 243 g/mol. The molecule has 0 saturated heterocycles. The molecule has 2 N–H and O–H groups in total. The van der Waals surface area contributed by atoms with Gasteiger partial charge in [0.1, 0.15) is 11.6 Å². The van der Waals surface area contributed by atoms with Gasteiger partial charge in [0.15, 0.2) is 0 Å². The summed E-state index contributed by atoms with van der Waals surface area (Å²) in [7, 11) is 1.62. The normalized spacial score (nSPS) is 10.8. The van der Waals surface area contributed by atoms with E-state index in [1.165, 1.54) is 12.1 Å². The topological polar surface area (TPSA) is 40.2 Å². The summed E-state index contributed by atoms with van der Waals surface area (Å²) in [6.45, 7) is 0. The lowest BCUT2D eigenvalue weighted by molar-refractivity contribution is 0.415. The first-order valence-corrected chi connectivity index (χ1v) is 5.89. The molecule has 0 spiro atoms. The van der Waals surface area contributed by atoms with Gasteiger partial charge in [-0.05, 0) is 42.5 Å². The lowest BCUT2D eigenvalue weighted by atomic mass is 10.2. The number of ether oxygens (including phenoxy) is 1. The lowest BCUT2D eigenvalue weighted by Gasteiger charge is -2.06. The quantitative estimate of drug-likeness (QED) is 0.763. The number of nitrogen functional groups attached to an aromatic ring is 1. The van der Waals surface area contributed by atoms with Crippen molar-refractivity contribution in [2.24, 2.45) is 0 Å². The summed E-state index contributed by atoms with van der Waals surface area (Å²) in [6, 6.07) is 12.1. The van der Waals surface area contributed by atoms with E-state index >= 15 is 0 Å². The number of benzene rings is 2. The Hall–Kier alpha value is -2.49. The largest absolute Gasteiger partial charge is 0.497 e. The molecule has 3 rings (SSSR count). The minimum atomic E-state index is -0.277. The first-order chi connectivity index (χ1) is 9.19. The molecule has 0 aliphatic carbocycles. The average molecular weight is 256 g/mol. The van der Waals surface area contributed by atoms with Gasteiger partial charge in [0.05, 0.1) is 18.3 Å². The van der Waals surface area contributed by atoms with Gasteiger partial charge in [-0.15, -0.1) is 0 Å².